The van der Waals surface area contributed by atoms with Crippen molar-refractivity contribution in [2.45, 2.75) is 69.6 Å². The lowest BCUT2D eigenvalue weighted by Gasteiger charge is -2.53. The monoisotopic (exact) mass is 590 g/mol. The number of fused-ring (bicyclic) bond motifs is 3. The van der Waals surface area contributed by atoms with Gasteiger partial charge in [-0.2, -0.15) is 0 Å². The van der Waals surface area contributed by atoms with Gasteiger partial charge >= 0.3 is 5.97 Å². The number of aliphatic carboxylic acids is 1. The molecule has 2 aromatic carbocycles. The fourth-order valence-electron chi connectivity index (χ4n) is 6.06. The van der Waals surface area contributed by atoms with Crippen LogP contribution in [0.1, 0.15) is 76.0 Å². The Morgan fingerprint density at radius 3 is 2.57 bits per heavy atom. The summed E-state index contributed by atoms with van der Waals surface area (Å²) < 4.78 is 28.5. The highest BCUT2D eigenvalue weighted by Crippen LogP contribution is 2.58. The highest BCUT2D eigenvalue weighted by molar-refractivity contribution is 9.10. The molecule has 2 N–H and O–H groups in total. The molecular formula is C28H35BrN2O5S. The van der Waals surface area contributed by atoms with E-state index >= 15 is 0 Å². The molecule has 1 saturated carbocycles. The summed E-state index contributed by atoms with van der Waals surface area (Å²) in [6, 6.07) is 12.5. The van der Waals surface area contributed by atoms with E-state index in [0.717, 1.165) is 34.0 Å². The quantitative estimate of drug-likeness (QED) is 0.297. The summed E-state index contributed by atoms with van der Waals surface area (Å²) in [5.41, 5.74) is 2.78. The summed E-state index contributed by atoms with van der Waals surface area (Å²) in [6.45, 7) is 8.43. The standard InChI is InChI=1S/C28H35BrN2O5S/c1-18(2)20-15-21-22(16-23(20)29)27(3)11-8-12-28(4,26(32)33)25(27)17-24(21)31-36-14-13-30-37(34,35)19-9-6-5-7-10-19/h5-7,9-10,15-16,18,25,30H,8,11-14,17H2,1-4H3,(H,32,33)/b31-24+/t25-,27-,28-/m1/s1. The maximum Gasteiger partial charge on any atom is 0.309 e. The zero-order valence-electron chi connectivity index (χ0n) is 21.8. The molecule has 2 aliphatic rings. The first-order valence-corrected chi connectivity index (χ1v) is 15.0. The average Bonchev–Trinajstić information content (AvgIpc) is 2.84. The van der Waals surface area contributed by atoms with Crippen molar-refractivity contribution in [2.75, 3.05) is 13.2 Å². The van der Waals surface area contributed by atoms with Gasteiger partial charge in [-0.3, -0.25) is 4.79 Å². The van der Waals surface area contributed by atoms with E-state index in [1.807, 2.05) is 6.92 Å². The molecule has 0 amide bonds. The number of hydrogen-bond acceptors (Lipinski definition) is 5. The van der Waals surface area contributed by atoms with Crippen LogP contribution in [0.15, 0.2) is 57.0 Å². The van der Waals surface area contributed by atoms with Crippen LogP contribution in [0.5, 0.6) is 0 Å². The molecule has 9 heteroatoms. The number of rotatable bonds is 8. The van der Waals surface area contributed by atoms with E-state index in [1.165, 1.54) is 12.1 Å². The van der Waals surface area contributed by atoms with Gasteiger partial charge in [0.25, 0.3) is 0 Å². The lowest BCUT2D eigenvalue weighted by Crippen LogP contribution is -2.53. The van der Waals surface area contributed by atoms with Crippen LogP contribution in [0.2, 0.25) is 0 Å². The van der Waals surface area contributed by atoms with Crippen molar-refractivity contribution < 1.29 is 23.2 Å². The van der Waals surface area contributed by atoms with Gasteiger partial charge in [-0.05, 0) is 78.8 Å². The number of halogens is 1. The molecule has 3 atom stereocenters. The summed E-state index contributed by atoms with van der Waals surface area (Å²) >= 11 is 3.75. The molecule has 7 nitrogen and oxygen atoms in total. The Bertz CT molecular complexity index is 1310. The highest BCUT2D eigenvalue weighted by Gasteiger charge is 2.56. The van der Waals surface area contributed by atoms with E-state index in [-0.39, 0.29) is 35.3 Å². The normalized spacial score (nSPS) is 26.5. The third kappa shape index (κ3) is 5.22. The molecule has 2 aromatic rings. The van der Waals surface area contributed by atoms with E-state index in [4.69, 9.17) is 4.84 Å². The maximum atomic E-state index is 12.5. The van der Waals surface area contributed by atoms with Gasteiger partial charge in [0.2, 0.25) is 10.0 Å². The molecule has 37 heavy (non-hydrogen) atoms. The van der Waals surface area contributed by atoms with Crippen LogP contribution < -0.4 is 4.72 Å². The number of carboxylic acids is 1. The van der Waals surface area contributed by atoms with E-state index in [2.05, 4.69) is 58.7 Å². The Labute approximate surface area is 227 Å². The molecule has 0 bridgehead atoms. The zero-order chi connectivity index (χ0) is 27.0. The number of carboxylic acid groups (broad SMARTS) is 1. The van der Waals surface area contributed by atoms with Crippen LogP contribution in [0.3, 0.4) is 0 Å². The Kier molecular flexibility index (Phi) is 7.89. The van der Waals surface area contributed by atoms with Crippen molar-refractivity contribution in [3.05, 3.63) is 63.6 Å². The predicted molar refractivity (Wildman–Crippen MR) is 147 cm³/mol. The first-order valence-electron chi connectivity index (χ1n) is 12.7. The Morgan fingerprint density at radius 2 is 1.92 bits per heavy atom. The van der Waals surface area contributed by atoms with Crippen LogP contribution in [-0.4, -0.2) is 38.4 Å². The lowest BCUT2D eigenvalue weighted by atomic mass is 9.49. The molecule has 200 valence electrons. The van der Waals surface area contributed by atoms with E-state index < -0.39 is 21.4 Å². The SMILES string of the molecule is CC(C)c1cc2c(cc1Br)[C@@]1(C)CCC[C@@](C)(C(=O)O)[C@@H]1C/C2=N\OCCNS(=O)(=O)c1ccccc1. The third-order valence-corrected chi connectivity index (χ3v) is 10.4. The maximum absolute atomic E-state index is 12.5. The Balaban J connectivity index is 1.63. The largest absolute Gasteiger partial charge is 0.481 e. The van der Waals surface area contributed by atoms with Gasteiger partial charge in [0.05, 0.1) is 16.0 Å². The Hall–Kier alpha value is -2.23. The number of carbonyl (C=O) groups is 1. The zero-order valence-corrected chi connectivity index (χ0v) is 24.2. The van der Waals surface area contributed by atoms with Gasteiger partial charge in [-0.15, -0.1) is 0 Å². The number of hydrogen-bond donors (Lipinski definition) is 2. The molecule has 0 heterocycles. The summed E-state index contributed by atoms with van der Waals surface area (Å²) in [6.07, 6.45) is 2.87. The second-order valence-electron chi connectivity index (χ2n) is 10.9. The minimum atomic E-state index is -3.63. The second kappa shape index (κ2) is 10.5. The molecule has 0 aromatic heterocycles. The van der Waals surface area contributed by atoms with Crippen LogP contribution in [0.4, 0.5) is 0 Å². The van der Waals surface area contributed by atoms with E-state index in [1.54, 1.807) is 18.2 Å². The van der Waals surface area contributed by atoms with Gasteiger partial charge in [-0.1, -0.05) is 66.5 Å². The fourth-order valence-corrected chi connectivity index (χ4v) is 7.90. The molecule has 0 spiro atoms. The van der Waals surface area contributed by atoms with Gasteiger partial charge in [0.1, 0.15) is 6.61 Å². The molecule has 4 rings (SSSR count). The van der Waals surface area contributed by atoms with E-state index in [9.17, 15) is 18.3 Å². The first-order chi connectivity index (χ1) is 17.4. The predicted octanol–water partition coefficient (Wildman–Crippen LogP) is 5.82. The number of oxime groups is 1. The molecule has 0 unspecified atom stereocenters. The summed E-state index contributed by atoms with van der Waals surface area (Å²) in [5.74, 6) is -0.634. The minimum Gasteiger partial charge on any atom is -0.481 e. The van der Waals surface area contributed by atoms with Crippen molar-refractivity contribution >= 4 is 37.6 Å². The minimum absolute atomic E-state index is 0.0522. The van der Waals surface area contributed by atoms with Gasteiger partial charge in [0, 0.05) is 16.6 Å². The number of nitrogens with zero attached hydrogens (tertiary/aromatic N) is 1. The molecule has 0 radical (unpaired) electrons. The number of sulfonamides is 1. The van der Waals surface area contributed by atoms with E-state index in [0.29, 0.717) is 18.6 Å². The second-order valence-corrected chi connectivity index (χ2v) is 13.5. The van der Waals surface area contributed by atoms with Crippen molar-refractivity contribution in [1.82, 2.24) is 4.72 Å². The molecule has 0 aliphatic heterocycles. The summed E-state index contributed by atoms with van der Waals surface area (Å²) in [7, 11) is -3.63. The summed E-state index contributed by atoms with van der Waals surface area (Å²) in [5, 5.41) is 14.7. The number of benzene rings is 2. The van der Waals surface area contributed by atoms with Crippen LogP contribution >= 0.6 is 15.9 Å². The number of nitrogens with one attached hydrogen (secondary N) is 1. The molecule has 2 aliphatic carbocycles. The van der Waals surface area contributed by atoms with Crippen LogP contribution in [-0.2, 0) is 25.1 Å². The van der Waals surface area contributed by atoms with Gasteiger partial charge in [-0.25, -0.2) is 13.1 Å². The lowest BCUT2D eigenvalue weighted by molar-refractivity contribution is -0.156. The fraction of sp³-hybridized carbons (Fsp3) is 0.500. The summed E-state index contributed by atoms with van der Waals surface area (Å²) in [4.78, 5) is 18.3. The highest BCUT2D eigenvalue weighted by atomic mass is 79.9. The molecule has 1 fully saturated rings. The van der Waals surface area contributed by atoms with Crippen molar-refractivity contribution in [3.8, 4) is 0 Å². The van der Waals surface area contributed by atoms with Crippen molar-refractivity contribution in [2.24, 2.45) is 16.5 Å². The van der Waals surface area contributed by atoms with Gasteiger partial charge < -0.3 is 9.94 Å². The molecule has 0 saturated heterocycles. The van der Waals surface area contributed by atoms with Crippen molar-refractivity contribution in [1.29, 1.82) is 0 Å². The topological polar surface area (TPSA) is 105 Å². The Morgan fingerprint density at radius 1 is 1.22 bits per heavy atom. The smallest absolute Gasteiger partial charge is 0.309 e. The van der Waals surface area contributed by atoms with Crippen LogP contribution in [0, 0.1) is 11.3 Å². The average molecular weight is 592 g/mol. The molecular weight excluding hydrogens is 556 g/mol. The first kappa shape index (κ1) is 27.8. The van der Waals surface area contributed by atoms with Crippen LogP contribution in [0.25, 0.3) is 0 Å². The third-order valence-electron chi connectivity index (χ3n) is 8.22. The van der Waals surface area contributed by atoms with Gasteiger partial charge in [0.15, 0.2) is 0 Å². The van der Waals surface area contributed by atoms with Crippen molar-refractivity contribution in [3.63, 3.8) is 0 Å².